The third kappa shape index (κ3) is 5.30. The first-order chi connectivity index (χ1) is 15.3. The van der Waals surface area contributed by atoms with E-state index in [2.05, 4.69) is 50.1 Å². The predicted molar refractivity (Wildman–Crippen MR) is 130 cm³/mol. The molecule has 7 nitrogen and oxygen atoms in total. The number of aromatic hydroxyl groups is 1. The molecule has 1 heterocycles. The number of aromatic nitrogens is 3. The van der Waals surface area contributed by atoms with Gasteiger partial charge in [-0.3, -0.25) is 14.9 Å². The number of fused-ring (bicyclic) bond motifs is 1. The van der Waals surface area contributed by atoms with Crippen molar-refractivity contribution in [1.29, 1.82) is 0 Å². The highest BCUT2D eigenvalue weighted by atomic mass is 16.3. The Morgan fingerprint density at radius 1 is 1.06 bits per heavy atom. The van der Waals surface area contributed by atoms with Crippen LogP contribution in [0.15, 0.2) is 48.0 Å². The number of amides is 2. The van der Waals surface area contributed by atoms with Gasteiger partial charge in [-0.25, -0.2) is 0 Å². The lowest BCUT2D eigenvalue weighted by Crippen LogP contribution is -2.32. The Hall–Kier alpha value is -3.48. The Morgan fingerprint density at radius 2 is 1.64 bits per heavy atom. The van der Waals surface area contributed by atoms with E-state index >= 15 is 0 Å². The van der Waals surface area contributed by atoms with Crippen LogP contribution in [0.2, 0.25) is 0 Å². The molecule has 33 heavy (non-hydrogen) atoms. The van der Waals surface area contributed by atoms with Gasteiger partial charge in [0.25, 0.3) is 11.8 Å². The largest absolute Gasteiger partial charge is 0.505 e. The molecule has 0 atom stereocenters. The zero-order valence-corrected chi connectivity index (χ0v) is 20.4. The summed E-state index contributed by atoms with van der Waals surface area (Å²) < 4.78 is 0. The summed E-state index contributed by atoms with van der Waals surface area (Å²) in [6.07, 6.45) is 2.45. The zero-order chi connectivity index (χ0) is 24.6. The second kappa shape index (κ2) is 8.81. The first kappa shape index (κ1) is 24.2. The number of allylic oxidation sites excluding steroid dienone is 1. The number of phenolic OH excluding ortho intramolecular Hbond substituents is 1. The number of phenols is 1. The fraction of sp³-hybridized carbons (Fsp3) is 0.385. The van der Waals surface area contributed by atoms with Gasteiger partial charge in [0, 0.05) is 5.57 Å². The molecule has 1 aromatic heterocycles. The lowest BCUT2D eigenvalue weighted by Gasteiger charge is -2.33. The average Bonchev–Trinajstić information content (AvgIpc) is 3.15. The van der Waals surface area contributed by atoms with Crippen molar-refractivity contribution >= 4 is 22.8 Å². The zero-order valence-electron chi connectivity index (χ0n) is 20.4. The molecule has 7 heteroatoms. The monoisotopic (exact) mass is 448 g/mol. The van der Waals surface area contributed by atoms with Crippen LogP contribution < -0.4 is 5.32 Å². The van der Waals surface area contributed by atoms with Crippen LogP contribution in [0.25, 0.3) is 16.7 Å². The molecular weight excluding hydrogens is 416 g/mol. The maximum atomic E-state index is 13.0. The van der Waals surface area contributed by atoms with Crippen molar-refractivity contribution in [2.24, 2.45) is 5.41 Å². The van der Waals surface area contributed by atoms with Crippen LogP contribution in [0.5, 0.6) is 5.75 Å². The minimum Gasteiger partial charge on any atom is -0.505 e. The van der Waals surface area contributed by atoms with Crippen molar-refractivity contribution in [3.8, 4) is 11.4 Å². The standard InChI is InChI=1S/C26H32N4O3/c1-8-16(2)23(32)27-24(33)18-13-17(26(6,7)15-25(3,4)5)14-21(22(18)31)30-28-19-11-9-10-12-20(19)29-30/h8-14,31H,15H2,1-7H3,(H,27,32,33). The smallest absolute Gasteiger partial charge is 0.261 e. The lowest BCUT2D eigenvalue weighted by molar-refractivity contribution is -0.116. The number of carbonyl (C=O) groups excluding carboxylic acids is 2. The van der Waals surface area contributed by atoms with Crippen LogP contribution in [0.4, 0.5) is 0 Å². The van der Waals surface area contributed by atoms with Crippen molar-refractivity contribution in [1.82, 2.24) is 20.3 Å². The van der Waals surface area contributed by atoms with Crippen molar-refractivity contribution in [2.75, 3.05) is 0 Å². The predicted octanol–water partition coefficient (Wildman–Crippen LogP) is 5.06. The molecule has 0 saturated heterocycles. The number of nitrogens with one attached hydrogen (secondary N) is 1. The van der Waals surface area contributed by atoms with Gasteiger partial charge in [0.15, 0.2) is 5.75 Å². The van der Waals surface area contributed by atoms with Crippen molar-refractivity contribution in [2.45, 2.75) is 60.3 Å². The van der Waals surface area contributed by atoms with E-state index in [-0.39, 0.29) is 27.8 Å². The highest BCUT2D eigenvalue weighted by Crippen LogP contribution is 2.39. The fourth-order valence-electron chi connectivity index (χ4n) is 4.13. The van der Waals surface area contributed by atoms with Crippen LogP contribution in [0.1, 0.15) is 70.8 Å². The summed E-state index contributed by atoms with van der Waals surface area (Å²) in [6, 6.07) is 10.8. The van der Waals surface area contributed by atoms with Crippen LogP contribution in [-0.4, -0.2) is 31.9 Å². The first-order valence-corrected chi connectivity index (χ1v) is 11.0. The van der Waals surface area contributed by atoms with Gasteiger partial charge < -0.3 is 5.11 Å². The number of imide groups is 1. The number of rotatable bonds is 5. The van der Waals surface area contributed by atoms with Gasteiger partial charge in [0.2, 0.25) is 0 Å². The van der Waals surface area contributed by atoms with Crippen molar-refractivity contribution in [3.05, 3.63) is 59.2 Å². The normalized spacial score (nSPS) is 12.8. The van der Waals surface area contributed by atoms with Gasteiger partial charge in [-0.05, 0) is 60.9 Å². The number of benzene rings is 2. The summed E-state index contributed by atoms with van der Waals surface area (Å²) in [4.78, 5) is 26.7. The molecule has 0 unspecified atom stereocenters. The van der Waals surface area contributed by atoms with E-state index in [1.807, 2.05) is 30.3 Å². The maximum Gasteiger partial charge on any atom is 0.261 e. The second-order valence-corrected chi connectivity index (χ2v) is 10.2. The van der Waals surface area contributed by atoms with Crippen LogP contribution in [-0.2, 0) is 10.2 Å². The summed E-state index contributed by atoms with van der Waals surface area (Å²) in [5.41, 5.74) is 2.57. The molecule has 3 aromatic rings. The molecule has 2 amide bonds. The quantitative estimate of drug-likeness (QED) is 0.532. The molecule has 0 aliphatic rings. The van der Waals surface area contributed by atoms with Crippen LogP contribution >= 0.6 is 0 Å². The molecule has 2 aromatic carbocycles. The SMILES string of the molecule is CC=C(C)C(=O)NC(=O)c1cc(C(C)(C)CC(C)(C)C)cc(-n2nc3ccccc3n2)c1O. The average molecular weight is 449 g/mol. The van der Waals surface area contributed by atoms with Crippen molar-refractivity contribution < 1.29 is 14.7 Å². The van der Waals surface area contributed by atoms with Gasteiger partial charge in [0.05, 0.1) is 5.56 Å². The van der Waals surface area contributed by atoms with E-state index in [0.29, 0.717) is 16.6 Å². The highest BCUT2D eigenvalue weighted by Gasteiger charge is 2.31. The van der Waals surface area contributed by atoms with Crippen LogP contribution in [0, 0.1) is 5.41 Å². The van der Waals surface area contributed by atoms with E-state index in [1.54, 1.807) is 26.0 Å². The molecule has 2 N–H and O–H groups in total. The summed E-state index contributed by atoms with van der Waals surface area (Å²) >= 11 is 0. The molecule has 0 radical (unpaired) electrons. The Morgan fingerprint density at radius 3 is 2.15 bits per heavy atom. The Balaban J connectivity index is 2.18. The van der Waals surface area contributed by atoms with Gasteiger partial charge in [0.1, 0.15) is 16.7 Å². The second-order valence-electron chi connectivity index (χ2n) is 10.2. The number of hydrogen-bond acceptors (Lipinski definition) is 5. The molecule has 174 valence electrons. The molecule has 0 aliphatic carbocycles. The number of nitrogens with zero attached hydrogens (tertiary/aromatic N) is 3. The van der Waals surface area contributed by atoms with E-state index in [9.17, 15) is 14.7 Å². The summed E-state index contributed by atoms with van der Waals surface area (Å²) in [6.45, 7) is 14.0. The van der Waals surface area contributed by atoms with Gasteiger partial charge in [-0.2, -0.15) is 0 Å². The van der Waals surface area contributed by atoms with Gasteiger partial charge >= 0.3 is 0 Å². The fourth-order valence-corrected chi connectivity index (χ4v) is 4.13. The summed E-state index contributed by atoms with van der Waals surface area (Å²) in [5.74, 6) is -1.47. The molecule has 3 rings (SSSR count). The van der Waals surface area contributed by atoms with Gasteiger partial charge in [-0.1, -0.05) is 52.8 Å². The Bertz CT molecular complexity index is 1210. The molecule has 0 saturated carbocycles. The molecule has 0 fully saturated rings. The van der Waals surface area contributed by atoms with Crippen molar-refractivity contribution in [3.63, 3.8) is 0 Å². The van der Waals surface area contributed by atoms with E-state index in [4.69, 9.17) is 0 Å². The number of hydrogen-bond donors (Lipinski definition) is 2. The topological polar surface area (TPSA) is 97.1 Å². The Kier molecular flexibility index (Phi) is 6.45. The summed E-state index contributed by atoms with van der Waals surface area (Å²) in [5, 5.41) is 22.4. The highest BCUT2D eigenvalue weighted by molar-refractivity contribution is 6.11. The minimum absolute atomic E-state index is 0.00286. The summed E-state index contributed by atoms with van der Waals surface area (Å²) in [7, 11) is 0. The third-order valence-electron chi connectivity index (χ3n) is 5.61. The maximum absolute atomic E-state index is 13.0. The van der Waals surface area contributed by atoms with Crippen LogP contribution in [0.3, 0.4) is 0 Å². The minimum atomic E-state index is -0.676. The third-order valence-corrected chi connectivity index (χ3v) is 5.61. The van der Waals surface area contributed by atoms with E-state index in [0.717, 1.165) is 12.0 Å². The Labute approximate surface area is 194 Å². The molecule has 0 spiro atoms. The first-order valence-electron chi connectivity index (χ1n) is 11.0. The molecule has 0 bridgehead atoms. The van der Waals surface area contributed by atoms with Gasteiger partial charge in [-0.15, -0.1) is 15.0 Å². The lowest BCUT2D eigenvalue weighted by atomic mass is 9.72. The molecular formula is C26H32N4O3. The van der Waals surface area contributed by atoms with E-state index < -0.39 is 11.8 Å². The number of carbonyl (C=O) groups is 2. The molecule has 0 aliphatic heterocycles. The van der Waals surface area contributed by atoms with E-state index in [1.165, 1.54) is 4.80 Å².